The number of alkyl halides is 3. The van der Waals surface area contributed by atoms with E-state index in [4.69, 9.17) is 5.73 Å². The van der Waals surface area contributed by atoms with Gasteiger partial charge in [0, 0.05) is 37.6 Å². The molecule has 8 heteroatoms. The molecule has 116 valence electrons. The molecule has 0 aliphatic carbocycles. The zero-order chi connectivity index (χ0) is 13.3. The molecule has 0 saturated carbocycles. The summed E-state index contributed by atoms with van der Waals surface area (Å²) in [5.74, 6) is 0. The Morgan fingerprint density at radius 3 is 2.10 bits per heavy atom. The van der Waals surface area contributed by atoms with Crippen molar-refractivity contribution in [3.05, 3.63) is 23.8 Å². The zero-order valence-corrected chi connectivity index (χ0v) is 12.6. The fraction of sp³-hybridized carbons (Fsp3) is 0.500. The highest BCUT2D eigenvalue weighted by atomic mass is 35.5. The molecule has 2 rings (SSSR count). The monoisotopic (exact) mass is 331 g/mol. The van der Waals surface area contributed by atoms with Crippen LogP contribution >= 0.6 is 24.8 Å². The number of benzene rings is 1. The number of likely N-dealkylation sites (N-methyl/N-ethyl adjacent to an activating group) is 1. The van der Waals surface area contributed by atoms with Gasteiger partial charge in [-0.3, -0.25) is 0 Å². The second kappa shape index (κ2) is 7.24. The van der Waals surface area contributed by atoms with Gasteiger partial charge in [-0.25, -0.2) is 0 Å². The number of hydrogen-bond acceptors (Lipinski definition) is 3. The lowest BCUT2D eigenvalue weighted by atomic mass is 10.1. The Morgan fingerprint density at radius 1 is 1.05 bits per heavy atom. The van der Waals surface area contributed by atoms with Crippen LogP contribution in [0.1, 0.15) is 5.56 Å². The summed E-state index contributed by atoms with van der Waals surface area (Å²) in [5, 5.41) is 0. The first kappa shape index (κ1) is 19.1. The van der Waals surface area contributed by atoms with Gasteiger partial charge in [0.1, 0.15) is 0 Å². The first-order valence-electron chi connectivity index (χ1n) is 5.78. The highest BCUT2D eigenvalue weighted by molar-refractivity contribution is 5.85. The highest BCUT2D eigenvalue weighted by Crippen LogP contribution is 2.36. The van der Waals surface area contributed by atoms with Gasteiger partial charge in [-0.15, -0.1) is 24.8 Å². The normalized spacial score (nSPS) is 16.3. The Hall–Kier alpha value is -0.850. The third kappa shape index (κ3) is 4.33. The third-order valence-corrected chi connectivity index (χ3v) is 3.21. The molecule has 0 atom stereocenters. The van der Waals surface area contributed by atoms with Gasteiger partial charge in [0.25, 0.3) is 0 Å². The van der Waals surface area contributed by atoms with Gasteiger partial charge in [-0.2, -0.15) is 13.2 Å². The minimum absolute atomic E-state index is 0. The first-order chi connectivity index (χ1) is 8.38. The van der Waals surface area contributed by atoms with E-state index in [0.29, 0.717) is 5.69 Å². The second-order valence-corrected chi connectivity index (χ2v) is 4.56. The SMILES string of the molecule is CN1CCN(c2ccc(N)c(C(F)(F)F)c2)CC1.Cl.Cl. The van der Waals surface area contributed by atoms with E-state index in [-0.39, 0.29) is 30.5 Å². The molecule has 0 bridgehead atoms. The minimum Gasteiger partial charge on any atom is -0.398 e. The van der Waals surface area contributed by atoms with E-state index in [1.54, 1.807) is 6.07 Å². The molecule has 0 amide bonds. The molecule has 20 heavy (non-hydrogen) atoms. The minimum atomic E-state index is -4.40. The molecule has 2 N–H and O–H groups in total. The standard InChI is InChI=1S/C12H16F3N3.2ClH/c1-17-4-6-18(7-5-17)9-2-3-11(16)10(8-9)12(13,14)15;;/h2-3,8H,4-7,16H2,1H3;2*1H. The van der Waals surface area contributed by atoms with Gasteiger partial charge in [0.15, 0.2) is 0 Å². The summed E-state index contributed by atoms with van der Waals surface area (Å²) in [4.78, 5) is 4.10. The summed E-state index contributed by atoms with van der Waals surface area (Å²) in [7, 11) is 2.00. The van der Waals surface area contributed by atoms with Crippen molar-refractivity contribution in [1.82, 2.24) is 4.90 Å². The highest BCUT2D eigenvalue weighted by Gasteiger charge is 2.33. The summed E-state index contributed by atoms with van der Waals surface area (Å²) in [5.41, 5.74) is 5.00. The fourth-order valence-electron chi connectivity index (χ4n) is 2.05. The van der Waals surface area contributed by atoms with Crippen molar-refractivity contribution in [3.63, 3.8) is 0 Å². The molecule has 1 fully saturated rings. The van der Waals surface area contributed by atoms with Crippen molar-refractivity contribution in [2.24, 2.45) is 0 Å². The fourth-order valence-corrected chi connectivity index (χ4v) is 2.05. The number of piperazine rings is 1. The largest absolute Gasteiger partial charge is 0.418 e. The van der Waals surface area contributed by atoms with Gasteiger partial charge in [0.2, 0.25) is 0 Å². The van der Waals surface area contributed by atoms with Gasteiger partial charge in [0.05, 0.1) is 5.56 Å². The van der Waals surface area contributed by atoms with Gasteiger partial charge in [-0.1, -0.05) is 0 Å². The van der Waals surface area contributed by atoms with Gasteiger partial charge < -0.3 is 15.5 Å². The summed E-state index contributed by atoms with van der Waals surface area (Å²) < 4.78 is 38.3. The van der Waals surface area contributed by atoms with Gasteiger partial charge >= 0.3 is 6.18 Å². The number of rotatable bonds is 1. The van der Waals surface area contributed by atoms with Crippen LogP contribution in [0.5, 0.6) is 0 Å². The molecule has 0 radical (unpaired) electrons. The van der Waals surface area contributed by atoms with Crippen LogP contribution in [0, 0.1) is 0 Å². The average Bonchev–Trinajstić information content (AvgIpc) is 2.29. The molecule has 3 nitrogen and oxygen atoms in total. The number of hydrogen-bond donors (Lipinski definition) is 1. The molecule has 1 aliphatic heterocycles. The van der Waals surface area contributed by atoms with Crippen LogP contribution < -0.4 is 10.6 Å². The molecule has 1 aromatic carbocycles. The molecule has 1 saturated heterocycles. The number of nitrogens with two attached hydrogens (primary N) is 1. The second-order valence-electron chi connectivity index (χ2n) is 4.56. The quantitative estimate of drug-likeness (QED) is 0.803. The predicted molar refractivity (Wildman–Crippen MR) is 80.1 cm³/mol. The lowest BCUT2D eigenvalue weighted by Gasteiger charge is -2.34. The first-order valence-corrected chi connectivity index (χ1v) is 5.78. The Labute approximate surface area is 128 Å². The van der Waals surface area contributed by atoms with Crippen molar-refractivity contribution in [1.29, 1.82) is 0 Å². The summed E-state index contributed by atoms with van der Waals surface area (Å²) in [6.45, 7) is 3.17. The van der Waals surface area contributed by atoms with Crippen LogP contribution in [0.15, 0.2) is 18.2 Å². The van der Waals surface area contributed by atoms with Crippen molar-refractivity contribution in [3.8, 4) is 0 Å². The molecule has 1 heterocycles. The Morgan fingerprint density at radius 2 is 1.60 bits per heavy atom. The van der Waals surface area contributed by atoms with Crippen LogP contribution in [0.25, 0.3) is 0 Å². The topological polar surface area (TPSA) is 32.5 Å². The molecule has 0 spiro atoms. The molecular formula is C12H18Cl2F3N3. The van der Waals surface area contributed by atoms with Crippen molar-refractivity contribution in [2.45, 2.75) is 6.18 Å². The van der Waals surface area contributed by atoms with E-state index in [2.05, 4.69) is 4.90 Å². The molecular weight excluding hydrogens is 314 g/mol. The average molecular weight is 332 g/mol. The molecule has 1 aliphatic rings. The number of anilines is 2. The van der Waals surface area contributed by atoms with Crippen LogP contribution in [-0.4, -0.2) is 38.1 Å². The van der Waals surface area contributed by atoms with E-state index in [0.717, 1.165) is 32.2 Å². The van der Waals surface area contributed by atoms with Crippen LogP contribution in [0.3, 0.4) is 0 Å². The van der Waals surface area contributed by atoms with Crippen molar-refractivity contribution < 1.29 is 13.2 Å². The number of halogens is 5. The van der Waals surface area contributed by atoms with Crippen LogP contribution in [0.4, 0.5) is 24.5 Å². The molecule has 0 unspecified atom stereocenters. The third-order valence-electron chi connectivity index (χ3n) is 3.21. The lowest BCUT2D eigenvalue weighted by Crippen LogP contribution is -2.44. The smallest absolute Gasteiger partial charge is 0.398 e. The summed E-state index contributed by atoms with van der Waals surface area (Å²) >= 11 is 0. The van der Waals surface area contributed by atoms with E-state index in [1.807, 2.05) is 11.9 Å². The maximum absolute atomic E-state index is 12.8. The van der Waals surface area contributed by atoms with Gasteiger partial charge in [-0.05, 0) is 25.2 Å². The van der Waals surface area contributed by atoms with Crippen LogP contribution in [-0.2, 0) is 6.18 Å². The Bertz CT molecular complexity index is 432. The number of nitrogens with zero attached hydrogens (tertiary/aromatic N) is 2. The van der Waals surface area contributed by atoms with Crippen molar-refractivity contribution in [2.75, 3.05) is 43.9 Å². The van der Waals surface area contributed by atoms with E-state index in [9.17, 15) is 13.2 Å². The molecule has 1 aromatic rings. The summed E-state index contributed by atoms with van der Waals surface area (Å²) in [6, 6.07) is 4.12. The van der Waals surface area contributed by atoms with Crippen molar-refractivity contribution >= 4 is 36.2 Å². The Kier molecular flexibility index (Phi) is 6.93. The van der Waals surface area contributed by atoms with E-state index >= 15 is 0 Å². The number of nitrogen functional groups attached to an aromatic ring is 1. The predicted octanol–water partition coefficient (Wildman–Crippen LogP) is 2.88. The lowest BCUT2D eigenvalue weighted by molar-refractivity contribution is -0.136. The maximum Gasteiger partial charge on any atom is 0.418 e. The van der Waals surface area contributed by atoms with E-state index in [1.165, 1.54) is 6.07 Å². The summed E-state index contributed by atoms with van der Waals surface area (Å²) in [6.07, 6.45) is -4.40. The Balaban J connectivity index is 0.00000180. The van der Waals surface area contributed by atoms with E-state index < -0.39 is 11.7 Å². The maximum atomic E-state index is 12.8. The van der Waals surface area contributed by atoms with Crippen LogP contribution in [0.2, 0.25) is 0 Å². The molecule has 0 aromatic heterocycles. The zero-order valence-electron chi connectivity index (χ0n) is 11.0.